The van der Waals surface area contributed by atoms with E-state index in [4.69, 9.17) is 15.5 Å². The van der Waals surface area contributed by atoms with Crippen LogP contribution in [-0.4, -0.2) is 21.7 Å². The maximum Gasteiger partial charge on any atom is 0.337 e. The van der Waals surface area contributed by atoms with Crippen molar-refractivity contribution in [1.82, 2.24) is 4.98 Å². The maximum atomic E-state index is 12.4. The quantitative estimate of drug-likeness (QED) is 0.527. The van der Waals surface area contributed by atoms with E-state index >= 15 is 0 Å². The van der Waals surface area contributed by atoms with E-state index in [-0.39, 0.29) is 0 Å². The minimum absolute atomic E-state index is 0.620. The van der Waals surface area contributed by atoms with E-state index in [9.17, 15) is 9.90 Å². The lowest BCUT2D eigenvalue weighted by Crippen LogP contribution is -2.28. The third-order valence-electron chi connectivity index (χ3n) is 5.46. The Labute approximate surface area is 180 Å². The molecule has 4 rings (SSSR count). The summed E-state index contributed by atoms with van der Waals surface area (Å²) in [5, 5.41) is 11.2. The number of hydrogen-bond donors (Lipinski definition) is 2. The Kier molecular flexibility index (Phi) is 5.32. The number of ether oxygens (including phenoxy) is 1. The maximum absolute atomic E-state index is 12.4. The van der Waals surface area contributed by atoms with Crippen LogP contribution in [0.4, 0.5) is 5.69 Å². The molecule has 2 heterocycles. The molecule has 0 saturated carbocycles. The van der Waals surface area contributed by atoms with Crippen LogP contribution < -0.4 is 5.73 Å². The minimum Gasteiger partial charge on any atom is -0.479 e. The summed E-state index contributed by atoms with van der Waals surface area (Å²) in [6.07, 6.45) is 3.26. The van der Waals surface area contributed by atoms with Gasteiger partial charge in [0.05, 0.1) is 5.60 Å². The van der Waals surface area contributed by atoms with Crippen LogP contribution in [0.3, 0.4) is 0 Å². The van der Waals surface area contributed by atoms with Gasteiger partial charge in [-0.2, -0.15) is 0 Å². The standard InChI is InChI=1S/C24H28N2O3S/c1-13-18(21(23(27)28)29-24(2,3)4)19(14-8-7-9-15(25)12-14)20-16-10-5-6-11-17(16)30-22(20)26-13/h7-9,12,21H,5-6,10-11,25H2,1-4H3,(H,27,28). The first-order valence-corrected chi connectivity index (χ1v) is 11.2. The molecule has 1 aliphatic carbocycles. The van der Waals surface area contributed by atoms with Crippen LogP contribution in [0.25, 0.3) is 21.3 Å². The molecule has 1 aliphatic rings. The van der Waals surface area contributed by atoms with Gasteiger partial charge in [0.25, 0.3) is 0 Å². The molecule has 1 unspecified atom stereocenters. The number of nitrogens with two attached hydrogens (primary N) is 1. The lowest BCUT2D eigenvalue weighted by Gasteiger charge is -2.28. The van der Waals surface area contributed by atoms with E-state index < -0.39 is 17.7 Å². The van der Waals surface area contributed by atoms with Crippen LogP contribution in [0.15, 0.2) is 24.3 Å². The third kappa shape index (κ3) is 3.82. The van der Waals surface area contributed by atoms with Crippen molar-refractivity contribution in [3.8, 4) is 11.1 Å². The van der Waals surface area contributed by atoms with Crippen molar-refractivity contribution in [2.75, 3.05) is 5.73 Å². The van der Waals surface area contributed by atoms with Crippen molar-refractivity contribution >= 4 is 33.2 Å². The van der Waals surface area contributed by atoms with Crippen molar-refractivity contribution in [2.24, 2.45) is 0 Å². The van der Waals surface area contributed by atoms with Crippen LogP contribution in [0.5, 0.6) is 0 Å². The number of nitrogens with zero attached hydrogens (tertiary/aromatic N) is 1. The Balaban J connectivity index is 2.10. The average Bonchev–Trinajstić information content (AvgIpc) is 3.02. The zero-order chi connectivity index (χ0) is 21.6. The fourth-order valence-electron chi connectivity index (χ4n) is 4.32. The summed E-state index contributed by atoms with van der Waals surface area (Å²) in [6.45, 7) is 7.50. The molecule has 1 aromatic carbocycles. The zero-order valence-corrected chi connectivity index (χ0v) is 18.7. The number of rotatable bonds is 4. The lowest BCUT2D eigenvalue weighted by molar-refractivity contribution is -0.160. The zero-order valence-electron chi connectivity index (χ0n) is 17.9. The van der Waals surface area contributed by atoms with Crippen molar-refractivity contribution in [2.45, 2.75) is 65.1 Å². The van der Waals surface area contributed by atoms with Crippen LogP contribution in [-0.2, 0) is 22.4 Å². The van der Waals surface area contributed by atoms with Crippen molar-refractivity contribution in [3.05, 3.63) is 46.0 Å². The van der Waals surface area contributed by atoms with Crippen LogP contribution in [0.1, 0.15) is 61.4 Å². The molecule has 5 nitrogen and oxygen atoms in total. The molecular weight excluding hydrogens is 396 g/mol. The Hall–Kier alpha value is -2.44. The summed E-state index contributed by atoms with van der Waals surface area (Å²) in [5.41, 5.74) is 10.6. The van der Waals surface area contributed by atoms with Gasteiger partial charge in [0.15, 0.2) is 6.10 Å². The summed E-state index contributed by atoms with van der Waals surface area (Å²) in [7, 11) is 0. The first-order valence-electron chi connectivity index (χ1n) is 10.4. The number of carboxylic acids is 1. The summed E-state index contributed by atoms with van der Waals surface area (Å²) in [4.78, 5) is 19.6. The molecule has 30 heavy (non-hydrogen) atoms. The van der Waals surface area contributed by atoms with Gasteiger partial charge < -0.3 is 15.6 Å². The molecule has 1 atom stereocenters. The molecule has 2 aromatic heterocycles. The first kappa shape index (κ1) is 20.8. The normalized spacial score (nSPS) is 15.2. The van der Waals surface area contributed by atoms with Crippen LogP contribution >= 0.6 is 11.3 Å². The number of thiophene rings is 1. The molecular formula is C24H28N2O3S. The SMILES string of the molecule is Cc1nc2sc3c(c2c(-c2cccc(N)c2)c1C(OC(C)(C)C)C(=O)O)CCCC3. The second kappa shape index (κ2) is 7.67. The highest BCUT2D eigenvalue weighted by molar-refractivity contribution is 7.19. The largest absolute Gasteiger partial charge is 0.479 e. The predicted molar refractivity (Wildman–Crippen MR) is 122 cm³/mol. The highest BCUT2D eigenvalue weighted by Crippen LogP contribution is 2.45. The summed E-state index contributed by atoms with van der Waals surface area (Å²) in [5.74, 6) is -1.01. The smallest absolute Gasteiger partial charge is 0.337 e. The Morgan fingerprint density at radius 1 is 1.27 bits per heavy atom. The molecule has 6 heteroatoms. The monoisotopic (exact) mass is 424 g/mol. The van der Waals surface area contributed by atoms with Gasteiger partial charge in [0.2, 0.25) is 0 Å². The number of aromatic nitrogens is 1. The summed E-state index contributed by atoms with van der Waals surface area (Å²) < 4.78 is 6.06. The average molecular weight is 425 g/mol. The van der Waals surface area contributed by atoms with Gasteiger partial charge in [-0.3, -0.25) is 0 Å². The number of aliphatic carboxylic acids is 1. The Morgan fingerprint density at radius 3 is 2.67 bits per heavy atom. The molecule has 0 amide bonds. The number of fused-ring (bicyclic) bond motifs is 3. The van der Waals surface area contributed by atoms with E-state index in [0.29, 0.717) is 16.9 Å². The molecule has 0 spiro atoms. The second-order valence-corrected chi connectivity index (χ2v) is 10.0. The van der Waals surface area contributed by atoms with E-state index in [1.807, 2.05) is 52.0 Å². The molecule has 0 saturated heterocycles. The number of pyridine rings is 1. The van der Waals surface area contributed by atoms with E-state index in [0.717, 1.165) is 40.6 Å². The molecule has 3 N–H and O–H groups in total. The number of carbonyl (C=O) groups is 1. The Bertz CT molecular complexity index is 1130. The van der Waals surface area contributed by atoms with E-state index in [2.05, 4.69) is 0 Å². The van der Waals surface area contributed by atoms with Gasteiger partial charge >= 0.3 is 5.97 Å². The van der Waals surface area contributed by atoms with Crippen molar-refractivity contribution in [3.63, 3.8) is 0 Å². The van der Waals surface area contributed by atoms with Gasteiger partial charge in [-0.25, -0.2) is 9.78 Å². The van der Waals surface area contributed by atoms with Gasteiger partial charge in [-0.1, -0.05) is 12.1 Å². The van der Waals surface area contributed by atoms with Gasteiger partial charge in [-0.15, -0.1) is 11.3 Å². The number of aryl methyl sites for hydroxylation is 3. The second-order valence-electron chi connectivity index (χ2n) is 8.95. The molecule has 0 aliphatic heterocycles. The Morgan fingerprint density at radius 2 is 2.00 bits per heavy atom. The molecule has 158 valence electrons. The highest BCUT2D eigenvalue weighted by Gasteiger charge is 2.33. The number of hydrogen-bond acceptors (Lipinski definition) is 5. The van der Waals surface area contributed by atoms with Gasteiger partial charge in [0, 0.05) is 32.8 Å². The summed E-state index contributed by atoms with van der Waals surface area (Å²) >= 11 is 1.74. The molecule has 0 fully saturated rings. The number of benzene rings is 1. The highest BCUT2D eigenvalue weighted by atomic mass is 32.1. The minimum atomic E-state index is -1.11. The molecule has 0 bridgehead atoms. The van der Waals surface area contributed by atoms with Gasteiger partial charge in [-0.05, 0) is 76.6 Å². The fraction of sp³-hybridized carbons (Fsp3) is 0.417. The van der Waals surface area contributed by atoms with Crippen molar-refractivity contribution in [1.29, 1.82) is 0 Å². The van der Waals surface area contributed by atoms with Gasteiger partial charge in [0.1, 0.15) is 4.83 Å². The van der Waals surface area contributed by atoms with E-state index in [1.165, 1.54) is 16.9 Å². The first-order chi connectivity index (χ1) is 14.2. The molecule has 0 radical (unpaired) electrons. The van der Waals surface area contributed by atoms with Crippen molar-refractivity contribution < 1.29 is 14.6 Å². The predicted octanol–water partition coefficient (Wildman–Crippen LogP) is 5.67. The third-order valence-corrected chi connectivity index (χ3v) is 6.65. The van der Waals surface area contributed by atoms with E-state index in [1.54, 1.807) is 11.3 Å². The molecule has 3 aromatic rings. The topological polar surface area (TPSA) is 85.4 Å². The number of carboxylic acid groups (broad SMARTS) is 1. The number of anilines is 1. The fourth-order valence-corrected chi connectivity index (χ4v) is 5.63. The number of nitrogen functional groups attached to an aromatic ring is 1. The van der Waals surface area contributed by atoms with Crippen LogP contribution in [0, 0.1) is 6.92 Å². The summed E-state index contributed by atoms with van der Waals surface area (Å²) in [6, 6.07) is 7.67. The lowest BCUT2D eigenvalue weighted by atomic mass is 9.88. The van der Waals surface area contributed by atoms with Crippen LogP contribution in [0.2, 0.25) is 0 Å².